The number of nitrogen functional groups attached to an aromatic ring is 1. The van der Waals surface area contributed by atoms with Crippen LogP contribution in [0.1, 0.15) is 51.3 Å². The highest BCUT2D eigenvalue weighted by Gasteiger charge is 2.35. The molecule has 7 nitrogen and oxygen atoms in total. The molecule has 2 bridgehead atoms. The number of nitrogens with zero attached hydrogens (tertiary/aromatic N) is 3. The van der Waals surface area contributed by atoms with Gasteiger partial charge in [0.15, 0.2) is 0 Å². The van der Waals surface area contributed by atoms with Crippen LogP contribution in [0.3, 0.4) is 0 Å². The molecule has 1 amide bonds. The van der Waals surface area contributed by atoms with Gasteiger partial charge in [0.1, 0.15) is 21.6 Å². The summed E-state index contributed by atoms with van der Waals surface area (Å²) in [5.41, 5.74) is 10.2. The first-order valence-corrected chi connectivity index (χ1v) is 12.9. The van der Waals surface area contributed by atoms with Gasteiger partial charge in [-0.15, -0.1) is 11.3 Å². The topological polar surface area (TPSA) is 107 Å². The predicted octanol–water partition coefficient (Wildman–Crippen LogP) is 3.43. The molecule has 35 heavy (non-hydrogen) atoms. The third-order valence-electron chi connectivity index (χ3n) is 7.61. The molecule has 3 aliphatic rings. The lowest BCUT2D eigenvalue weighted by molar-refractivity contribution is 0.0938. The Kier molecular flexibility index (Phi) is 5.38. The molecule has 2 aliphatic heterocycles. The number of aryl methyl sites for hydroxylation is 1. The smallest absolute Gasteiger partial charge is 0.263 e. The van der Waals surface area contributed by atoms with Crippen LogP contribution in [0.15, 0.2) is 18.2 Å². The van der Waals surface area contributed by atoms with Crippen LogP contribution in [0.5, 0.6) is 0 Å². The maximum absolute atomic E-state index is 15.4. The summed E-state index contributed by atoms with van der Waals surface area (Å²) in [5.74, 6) is -0.551. The van der Waals surface area contributed by atoms with E-state index in [2.05, 4.69) is 26.6 Å². The Morgan fingerprint density at radius 3 is 2.80 bits per heavy atom. The van der Waals surface area contributed by atoms with Crippen molar-refractivity contribution in [1.29, 1.82) is 5.26 Å². The lowest BCUT2D eigenvalue weighted by atomic mass is 9.84. The van der Waals surface area contributed by atoms with Crippen LogP contribution in [0.25, 0.3) is 10.2 Å². The summed E-state index contributed by atoms with van der Waals surface area (Å²) in [6.45, 7) is 3.50. The molecule has 0 saturated carbocycles. The number of hydrogen-bond donors (Lipinski definition) is 3. The Bertz CT molecular complexity index is 1380. The summed E-state index contributed by atoms with van der Waals surface area (Å²) >= 11 is 1.28. The minimum atomic E-state index is -0.292. The number of nitrogens with one attached hydrogen (secondary N) is 2. The monoisotopic (exact) mass is 490 g/mol. The van der Waals surface area contributed by atoms with Crippen LogP contribution >= 0.6 is 11.3 Å². The molecule has 2 saturated heterocycles. The van der Waals surface area contributed by atoms with Crippen LogP contribution in [-0.4, -0.2) is 42.1 Å². The van der Waals surface area contributed by atoms with Crippen LogP contribution in [0.4, 0.5) is 15.8 Å². The maximum atomic E-state index is 15.4. The first kappa shape index (κ1) is 22.3. The number of hydrogen-bond acceptors (Lipinski definition) is 7. The first-order valence-electron chi connectivity index (χ1n) is 12.1. The third kappa shape index (κ3) is 3.81. The number of nitriles is 1. The molecule has 0 spiro atoms. The highest BCUT2D eigenvalue weighted by Crippen LogP contribution is 2.37. The third-order valence-corrected chi connectivity index (χ3v) is 8.72. The van der Waals surface area contributed by atoms with E-state index in [9.17, 15) is 10.1 Å². The minimum absolute atomic E-state index is 0.226. The van der Waals surface area contributed by atoms with Gasteiger partial charge in [-0.25, -0.2) is 9.37 Å². The number of rotatable bonds is 3. The Hall–Kier alpha value is -3.22. The van der Waals surface area contributed by atoms with Gasteiger partial charge in [0.2, 0.25) is 0 Å². The number of amides is 1. The molecule has 0 radical (unpaired) electrons. The van der Waals surface area contributed by atoms with Gasteiger partial charge in [0.25, 0.3) is 5.91 Å². The van der Waals surface area contributed by atoms with Crippen molar-refractivity contribution >= 4 is 38.8 Å². The zero-order chi connectivity index (χ0) is 24.3. The molecule has 4 N–H and O–H groups in total. The van der Waals surface area contributed by atoms with E-state index in [1.54, 1.807) is 0 Å². The average molecular weight is 491 g/mol. The van der Waals surface area contributed by atoms with Crippen molar-refractivity contribution in [2.45, 2.75) is 57.2 Å². The van der Waals surface area contributed by atoms with E-state index in [1.807, 2.05) is 19.1 Å². The van der Waals surface area contributed by atoms with Crippen molar-refractivity contribution in [1.82, 2.24) is 15.6 Å². The molecule has 2 aromatic heterocycles. The second-order valence-electron chi connectivity index (χ2n) is 9.93. The number of nitrogens with two attached hydrogens (primary N) is 1. The fourth-order valence-electron chi connectivity index (χ4n) is 5.89. The van der Waals surface area contributed by atoms with E-state index in [1.165, 1.54) is 17.4 Å². The quantitative estimate of drug-likeness (QED) is 0.519. The summed E-state index contributed by atoms with van der Waals surface area (Å²) < 4.78 is 15.4. The Morgan fingerprint density at radius 1 is 1.29 bits per heavy atom. The van der Waals surface area contributed by atoms with Gasteiger partial charge < -0.3 is 21.3 Å². The van der Waals surface area contributed by atoms with Crippen LogP contribution < -0.4 is 21.3 Å². The second kappa shape index (κ2) is 8.47. The molecule has 3 atom stereocenters. The largest absolute Gasteiger partial charge is 0.397 e. The van der Waals surface area contributed by atoms with Crippen LogP contribution in [-0.2, 0) is 12.8 Å². The molecule has 3 aromatic rings. The SMILES string of the molecule is Cc1ccc2c(N)c(C(=O)N[C@@H]3CCc4c(C#N)c(N5CC6CCC(C5)N6)cc(F)c4C3)sc2n1. The zero-order valence-electron chi connectivity index (χ0n) is 19.5. The lowest BCUT2D eigenvalue weighted by Gasteiger charge is -2.36. The van der Waals surface area contributed by atoms with Gasteiger partial charge in [0, 0.05) is 42.3 Å². The molecule has 9 heteroatoms. The van der Waals surface area contributed by atoms with Crippen LogP contribution in [0.2, 0.25) is 0 Å². The first-order chi connectivity index (χ1) is 16.9. The Labute approximate surface area is 207 Å². The van der Waals surface area contributed by atoms with E-state index in [0.29, 0.717) is 58.7 Å². The summed E-state index contributed by atoms with van der Waals surface area (Å²) in [4.78, 5) is 20.9. The molecule has 1 aliphatic carbocycles. The molecular weight excluding hydrogens is 463 g/mol. The minimum Gasteiger partial charge on any atom is -0.397 e. The number of benzene rings is 1. The van der Waals surface area contributed by atoms with E-state index < -0.39 is 0 Å². The number of pyridine rings is 1. The number of fused-ring (bicyclic) bond motifs is 4. The fraction of sp³-hybridized carbons (Fsp3) is 0.423. The summed E-state index contributed by atoms with van der Waals surface area (Å²) in [6, 6.07) is 8.24. The number of aromatic nitrogens is 1. The molecule has 6 rings (SSSR count). The highest BCUT2D eigenvalue weighted by atomic mass is 32.1. The van der Waals surface area contributed by atoms with E-state index in [0.717, 1.165) is 47.4 Å². The molecule has 180 valence electrons. The molecule has 2 fully saturated rings. The van der Waals surface area contributed by atoms with Crippen molar-refractivity contribution in [3.63, 3.8) is 0 Å². The van der Waals surface area contributed by atoms with Crippen molar-refractivity contribution < 1.29 is 9.18 Å². The average Bonchev–Trinajstić information content (AvgIpc) is 3.36. The Balaban J connectivity index is 1.24. The van der Waals surface area contributed by atoms with E-state index in [-0.39, 0.29) is 17.8 Å². The number of thiophene rings is 1. The van der Waals surface area contributed by atoms with E-state index >= 15 is 4.39 Å². The van der Waals surface area contributed by atoms with Crippen molar-refractivity contribution in [3.05, 3.63) is 51.3 Å². The van der Waals surface area contributed by atoms with Gasteiger partial charge in [-0.2, -0.15) is 5.26 Å². The number of carbonyl (C=O) groups is 1. The summed E-state index contributed by atoms with van der Waals surface area (Å²) in [5, 5.41) is 17.4. The fourth-order valence-corrected chi connectivity index (χ4v) is 6.94. The molecule has 2 unspecified atom stereocenters. The van der Waals surface area contributed by atoms with Gasteiger partial charge in [0.05, 0.1) is 16.9 Å². The number of carbonyl (C=O) groups excluding carboxylic acids is 1. The second-order valence-corrected chi connectivity index (χ2v) is 10.9. The zero-order valence-corrected chi connectivity index (χ0v) is 20.3. The van der Waals surface area contributed by atoms with Crippen molar-refractivity contribution in [3.8, 4) is 6.07 Å². The lowest BCUT2D eigenvalue weighted by Crippen LogP contribution is -2.51. The van der Waals surface area contributed by atoms with Crippen molar-refractivity contribution in [2.75, 3.05) is 23.7 Å². The van der Waals surface area contributed by atoms with Gasteiger partial charge in [-0.3, -0.25) is 4.79 Å². The maximum Gasteiger partial charge on any atom is 0.263 e. The predicted molar refractivity (Wildman–Crippen MR) is 135 cm³/mol. The molecule has 4 heterocycles. The Morgan fingerprint density at radius 2 is 2.06 bits per heavy atom. The van der Waals surface area contributed by atoms with Crippen molar-refractivity contribution in [2.24, 2.45) is 0 Å². The van der Waals surface area contributed by atoms with E-state index in [4.69, 9.17) is 5.73 Å². The van der Waals surface area contributed by atoms with Gasteiger partial charge >= 0.3 is 0 Å². The standard InChI is InChI=1S/C26H27FN6OS/c1-13-2-6-18-23(29)24(35-26(18)30-13)25(34)32-14-5-7-17-19(8-14)21(27)9-22(20(17)10-28)33-11-15-3-4-16(12-33)31-15/h2,6,9,14-16,31H,3-5,7-8,11-12,29H2,1H3,(H,32,34)/t14-,15?,16?/m1/s1. The van der Waals surface area contributed by atoms with Gasteiger partial charge in [-0.05, 0) is 68.4 Å². The summed E-state index contributed by atoms with van der Waals surface area (Å²) in [7, 11) is 0. The highest BCUT2D eigenvalue weighted by molar-refractivity contribution is 7.21. The molecular formula is C26H27FN6OS. The number of anilines is 2. The number of halogens is 1. The molecule has 1 aromatic carbocycles. The normalized spacial score (nSPS) is 23.2. The number of piperazine rings is 1. The van der Waals surface area contributed by atoms with Gasteiger partial charge in [-0.1, -0.05) is 0 Å². The van der Waals surface area contributed by atoms with Crippen LogP contribution in [0, 0.1) is 24.1 Å². The summed E-state index contributed by atoms with van der Waals surface area (Å²) in [6.07, 6.45) is 3.80.